The van der Waals surface area contributed by atoms with Gasteiger partial charge in [0.2, 0.25) is 0 Å². The average Bonchev–Trinajstić information content (AvgIpc) is 2.44. The summed E-state index contributed by atoms with van der Waals surface area (Å²) in [5.74, 6) is -1.74. The topological polar surface area (TPSA) is 46.2 Å². The molecular weight excluding hydrogens is 319 g/mol. The third-order valence-corrected chi connectivity index (χ3v) is 3.41. The van der Waals surface area contributed by atoms with E-state index < -0.39 is 23.8 Å². The molecule has 114 valence electrons. The van der Waals surface area contributed by atoms with Crippen molar-refractivity contribution in [2.75, 3.05) is 0 Å². The molecule has 0 unspecified atom stereocenters. The quantitative estimate of drug-likeness (QED) is 0.839. The Morgan fingerprint density at radius 3 is 2.33 bits per heavy atom. The van der Waals surface area contributed by atoms with Crippen LogP contribution in [0.1, 0.15) is 17.2 Å². The molecule has 0 aliphatic carbocycles. The van der Waals surface area contributed by atoms with E-state index in [1.54, 1.807) is 12.1 Å². The van der Waals surface area contributed by atoms with Gasteiger partial charge in [0.05, 0.1) is 17.2 Å². The SMILES string of the molecule is Cl.N[C@@H](c1c(F)ccc(Cl)c1F)[C@H](O)Cc1ccccc1. The van der Waals surface area contributed by atoms with Crippen LogP contribution in [0.25, 0.3) is 0 Å². The highest BCUT2D eigenvalue weighted by molar-refractivity contribution is 6.30. The van der Waals surface area contributed by atoms with E-state index in [9.17, 15) is 13.9 Å². The monoisotopic (exact) mass is 333 g/mol. The van der Waals surface area contributed by atoms with Crippen LogP contribution >= 0.6 is 24.0 Å². The molecule has 0 amide bonds. The first kappa shape index (κ1) is 17.9. The van der Waals surface area contributed by atoms with Gasteiger partial charge < -0.3 is 10.8 Å². The summed E-state index contributed by atoms with van der Waals surface area (Å²) in [6.45, 7) is 0. The number of rotatable bonds is 4. The molecule has 2 rings (SSSR count). The maximum atomic E-state index is 13.8. The fraction of sp³-hybridized carbons (Fsp3) is 0.200. The van der Waals surface area contributed by atoms with E-state index in [2.05, 4.69) is 0 Å². The number of hydrogen-bond donors (Lipinski definition) is 2. The standard InChI is InChI=1S/C15H14ClF2NO.ClH/c16-10-6-7-11(17)13(14(10)18)15(19)12(20)8-9-4-2-1-3-5-9;/h1-7,12,15,20H,8,19H2;1H/t12-,15-;/m1./s1. The summed E-state index contributed by atoms with van der Waals surface area (Å²) in [5, 5.41) is 9.84. The van der Waals surface area contributed by atoms with Crippen LogP contribution < -0.4 is 5.73 Å². The molecule has 0 bridgehead atoms. The van der Waals surface area contributed by atoms with E-state index >= 15 is 0 Å². The molecule has 0 saturated heterocycles. The van der Waals surface area contributed by atoms with Crippen molar-refractivity contribution in [2.45, 2.75) is 18.6 Å². The van der Waals surface area contributed by atoms with E-state index in [1.807, 2.05) is 18.2 Å². The second-order valence-electron chi connectivity index (χ2n) is 4.54. The van der Waals surface area contributed by atoms with Gasteiger partial charge in [-0.25, -0.2) is 8.78 Å². The van der Waals surface area contributed by atoms with Crippen molar-refractivity contribution < 1.29 is 13.9 Å². The molecule has 0 saturated carbocycles. The summed E-state index contributed by atoms with van der Waals surface area (Å²) in [7, 11) is 0. The highest BCUT2D eigenvalue weighted by Gasteiger charge is 2.25. The third-order valence-electron chi connectivity index (χ3n) is 3.11. The first-order chi connectivity index (χ1) is 9.50. The van der Waals surface area contributed by atoms with Crippen molar-refractivity contribution in [3.05, 3.63) is 70.2 Å². The largest absolute Gasteiger partial charge is 0.391 e. The summed E-state index contributed by atoms with van der Waals surface area (Å²) in [4.78, 5) is 0. The molecular formula is C15H15Cl2F2NO. The molecule has 0 aromatic heterocycles. The highest BCUT2D eigenvalue weighted by Crippen LogP contribution is 2.27. The van der Waals surface area contributed by atoms with Crippen LogP contribution in [0.4, 0.5) is 8.78 Å². The second kappa shape index (κ2) is 7.71. The molecule has 0 aliphatic heterocycles. The van der Waals surface area contributed by atoms with E-state index in [4.69, 9.17) is 17.3 Å². The van der Waals surface area contributed by atoms with E-state index in [1.165, 1.54) is 0 Å². The Labute approximate surface area is 133 Å². The Balaban J connectivity index is 0.00000220. The summed E-state index contributed by atoms with van der Waals surface area (Å²) in [6.07, 6.45) is -0.909. The maximum Gasteiger partial charge on any atom is 0.149 e. The van der Waals surface area contributed by atoms with Gasteiger partial charge in [0.25, 0.3) is 0 Å². The van der Waals surface area contributed by atoms with Crippen LogP contribution in [0.3, 0.4) is 0 Å². The average molecular weight is 334 g/mol. The molecule has 6 heteroatoms. The van der Waals surface area contributed by atoms with Crippen LogP contribution in [-0.4, -0.2) is 11.2 Å². The van der Waals surface area contributed by atoms with Crippen molar-refractivity contribution in [1.82, 2.24) is 0 Å². The van der Waals surface area contributed by atoms with E-state index in [-0.39, 0.29) is 29.4 Å². The lowest BCUT2D eigenvalue weighted by atomic mass is 9.96. The maximum absolute atomic E-state index is 13.8. The van der Waals surface area contributed by atoms with Crippen molar-refractivity contribution in [3.8, 4) is 0 Å². The van der Waals surface area contributed by atoms with Gasteiger partial charge in [0.1, 0.15) is 11.6 Å². The van der Waals surface area contributed by atoms with Gasteiger partial charge in [-0.3, -0.25) is 0 Å². The smallest absolute Gasteiger partial charge is 0.149 e. The zero-order valence-corrected chi connectivity index (χ0v) is 12.5. The predicted octanol–water partition coefficient (Wildman–Crippen LogP) is 3.64. The lowest BCUT2D eigenvalue weighted by molar-refractivity contribution is 0.141. The Kier molecular flexibility index (Phi) is 6.55. The number of nitrogens with two attached hydrogens (primary N) is 1. The molecule has 0 aliphatic rings. The fourth-order valence-corrected chi connectivity index (χ4v) is 2.19. The molecule has 0 fully saturated rings. The molecule has 0 spiro atoms. The van der Waals surface area contributed by atoms with Gasteiger partial charge in [0.15, 0.2) is 0 Å². The molecule has 21 heavy (non-hydrogen) atoms. The van der Waals surface area contributed by atoms with Gasteiger partial charge in [-0.1, -0.05) is 41.9 Å². The third kappa shape index (κ3) is 4.14. The zero-order chi connectivity index (χ0) is 14.7. The highest BCUT2D eigenvalue weighted by atomic mass is 35.5. The van der Waals surface area contributed by atoms with E-state index in [0.29, 0.717) is 0 Å². The minimum Gasteiger partial charge on any atom is -0.391 e. The minimum absolute atomic E-state index is 0. The fourth-order valence-electron chi connectivity index (χ4n) is 2.02. The first-order valence-electron chi connectivity index (χ1n) is 6.11. The summed E-state index contributed by atoms with van der Waals surface area (Å²) >= 11 is 5.62. The van der Waals surface area contributed by atoms with Gasteiger partial charge >= 0.3 is 0 Å². The van der Waals surface area contributed by atoms with Crippen LogP contribution in [0.5, 0.6) is 0 Å². The second-order valence-corrected chi connectivity index (χ2v) is 4.95. The van der Waals surface area contributed by atoms with Gasteiger partial charge in [0, 0.05) is 12.0 Å². The lowest BCUT2D eigenvalue weighted by Gasteiger charge is -2.20. The normalized spacial score (nSPS) is 13.4. The molecule has 0 radical (unpaired) electrons. The Morgan fingerprint density at radius 1 is 1.10 bits per heavy atom. The van der Waals surface area contributed by atoms with Crippen LogP contribution in [-0.2, 0) is 6.42 Å². The van der Waals surface area contributed by atoms with Crippen molar-refractivity contribution in [3.63, 3.8) is 0 Å². The van der Waals surface area contributed by atoms with Gasteiger partial charge in [-0.05, 0) is 17.7 Å². The van der Waals surface area contributed by atoms with Crippen LogP contribution in [0.15, 0.2) is 42.5 Å². The van der Waals surface area contributed by atoms with Crippen LogP contribution in [0, 0.1) is 11.6 Å². The Hall–Kier alpha value is -1.20. The molecule has 0 heterocycles. The van der Waals surface area contributed by atoms with Gasteiger partial charge in [-0.2, -0.15) is 0 Å². The summed E-state index contributed by atoms with van der Waals surface area (Å²) in [6, 6.07) is 10.0. The number of aliphatic hydroxyl groups excluding tert-OH is 1. The van der Waals surface area contributed by atoms with Crippen molar-refractivity contribution in [2.24, 2.45) is 5.73 Å². The number of aliphatic hydroxyl groups is 1. The van der Waals surface area contributed by atoms with E-state index in [0.717, 1.165) is 17.7 Å². The molecule has 2 atom stereocenters. The number of halogens is 4. The Morgan fingerprint density at radius 2 is 1.71 bits per heavy atom. The van der Waals surface area contributed by atoms with Crippen LogP contribution in [0.2, 0.25) is 5.02 Å². The van der Waals surface area contributed by atoms with Crippen molar-refractivity contribution >= 4 is 24.0 Å². The molecule has 2 nitrogen and oxygen atoms in total. The molecule has 3 N–H and O–H groups in total. The first-order valence-corrected chi connectivity index (χ1v) is 6.49. The lowest BCUT2D eigenvalue weighted by Crippen LogP contribution is -2.30. The number of hydrogen-bond acceptors (Lipinski definition) is 2. The molecule has 2 aromatic carbocycles. The Bertz CT molecular complexity index is 596. The van der Waals surface area contributed by atoms with Crippen molar-refractivity contribution in [1.29, 1.82) is 0 Å². The summed E-state index contributed by atoms with van der Waals surface area (Å²) in [5.41, 5.74) is 6.21. The summed E-state index contributed by atoms with van der Waals surface area (Å²) < 4.78 is 27.5. The molecule has 2 aromatic rings. The van der Waals surface area contributed by atoms with Gasteiger partial charge in [-0.15, -0.1) is 12.4 Å². The number of benzene rings is 2. The predicted molar refractivity (Wildman–Crippen MR) is 81.7 cm³/mol. The zero-order valence-electron chi connectivity index (χ0n) is 11.0. The minimum atomic E-state index is -1.19.